The highest BCUT2D eigenvalue weighted by atomic mass is 19.1. The predicted octanol–water partition coefficient (Wildman–Crippen LogP) is 2.72. The Morgan fingerprint density at radius 3 is 2.85 bits per heavy atom. The molecule has 0 saturated carbocycles. The molecule has 0 amide bonds. The van der Waals surface area contributed by atoms with E-state index >= 15 is 0 Å². The maximum Gasteiger partial charge on any atom is 0.318 e. The summed E-state index contributed by atoms with van der Waals surface area (Å²) >= 11 is 0. The molecule has 2 aromatic rings. The predicted molar refractivity (Wildman–Crippen MR) is 72.5 cm³/mol. The molecule has 20 heavy (non-hydrogen) atoms. The molecular formula is C14H14FN3O2. The van der Waals surface area contributed by atoms with Crippen molar-refractivity contribution in [3.8, 4) is 6.01 Å². The van der Waals surface area contributed by atoms with Crippen LogP contribution < -0.4 is 10.2 Å². The van der Waals surface area contributed by atoms with Crippen LogP contribution >= 0.6 is 0 Å². The molecule has 0 bridgehead atoms. The molecule has 0 aliphatic heterocycles. The Labute approximate surface area is 116 Å². The zero-order valence-electron chi connectivity index (χ0n) is 10.8. The van der Waals surface area contributed by atoms with Gasteiger partial charge in [0.05, 0.1) is 12.8 Å². The number of ether oxygens (including phenoxy) is 1. The van der Waals surface area contributed by atoms with Gasteiger partial charge in [-0.2, -0.15) is 4.98 Å². The van der Waals surface area contributed by atoms with Crippen LogP contribution in [0.1, 0.15) is 5.56 Å². The Balaban J connectivity index is 1.92. The van der Waals surface area contributed by atoms with Crippen LogP contribution in [-0.4, -0.2) is 16.6 Å². The fraction of sp³-hybridized carbons (Fsp3) is 0.143. The average molecular weight is 275 g/mol. The van der Waals surface area contributed by atoms with Crippen molar-refractivity contribution in [3.63, 3.8) is 0 Å². The fourth-order valence-electron chi connectivity index (χ4n) is 1.39. The van der Waals surface area contributed by atoms with Crippen LogP contribution in [0, 0.1) is 5.82 Å². The van der Waals surface area contributed by atoms with Crippen LogP contribution in [0.5, 0.6) is 6.01 Å². The number of nitrogens with one attached hydrogen (secondary N) is 1. The van der Waals surface area contributed by atoms with Gasteiger partial charge in [-0.05, 0) is 5.56 Å². The van der Waals surface area contributed by atoms with Gasteiger partial charge >= 0.3 is 6.01 Å². The van der Waals surface area contributed by atoms with Gasteiger partial charge in [0.25, 0.3) is 0 Å². The van der Waals surface area contributed by atoms with Gasteiger partial charge in [-0.1, -0.05) is 43.0 Å². The molecule has 0 aliphatic carbocycles. The van der Waals surface area contributed by atoms with Crippen molar-refractivity contribution in [2.75, 3.05) is 12.1 Å². The van der Waals surface area contributed by atoms with Crippen molar-refractivity contribution in [2.24, 2.45) is 0 Å². The number of rotatable bonds is 7. The molecule has 1 aromatic carbocycles. The SMILES string of the molecule is C=CCOc1ncc(F)c(NOCc2ccccc2)n1. The first-order chi connectivity index (χ1) is 9.79. The second-order valence-corrected chi connectivity index (χ2v) is 3.83. The van der Waals surface area contributed by atoms with E-state index in [-0.39, 0.29) is 25.0 Å². The Bertz CT molecular complexity index is 564. The second kappa shape index (κ2) is 7.20. The van der Waals surface area contributed by atoms with Crippen LogP contribution in [0.25, 0.3) is 0 Å². The molecule has 5 nitrogen and oxygen atoms in total. The normalized spacial score (nSPS) is 10.1. The molecular weight excluding hydrogens is 261 g/mol. The molecule has 0 saturated heterocycles. The summed E-state index contributed by atoms with van der Waals surface area (Å²) in [5, 5.41) is 0. The lowest BCUT2D eigenvalue weighted by Gasteiger charge is -2.08. The number of anilines is 1. The monoisotopic (exact) mass is 275 g/mol. The van der Waals surface area contributed by atoms with Crippen LogP contribution in [-0.2, 0) is 11.4 Å². The first-order valence-corrected chi connectivity index (χ1v) is 5.97. The highest BCUT2D eigenvalue weighted by Crippen LogP contribution is 2.13. The van der Waals surface area contributed by atoms with E-state index in [1.165, 1.54) is 0 Å². The summed E-state index contributed by atoms with van der Waals surface area (Å²) in [7, 11) is 0. The highest BCUT2D eigenvalue weighted by molar-refractivity contribution is 5.33. The van der Waals surface area contributed by atoms with Crippen molar-refractivity contribution in [2.45, 2.75) is 6.61 Å². The number of benzene rings is 1. The van der Waals surface area contributed by atoms with Gasteiger partial charge < -0.3 is 4.74 Å². The molecule has 0 atom stereocenters. The van der Waals surface area contributed by atoms with Crippen LogP contribution in [0.3, 0.4) is 0 Å². The van der Waals surface area contributed by atoms with E-state index in [2.05, 4.69) is 22.0 Å². The van der Waals surface area contributed by atoms with E-state index in [1.807, 2.05) is 30.3 Å². The summed E-state index contributed by atoms with van der Waals surface area (Å²) in [5.74, 6) is -0.695. The summed E-state index contributed by atoms with van der Waals surface area (Å²) in [6.45, 7) is 4.03. The third kappa shape index (κ3) is 4.03. The summed E-state index contributed by atoms with van der Waals surface area (Å²) in [4.78, 5) is 12.7. The van der Waals surface area contributed by atoms with Crippen LogP contribution in [0.2, 0.25) is 0 Å². The van der Waals surface area contributed by atoms with Gasteiger partial charge in [0.1, 0.15) is 6.61 Å². The third-order valence-corrected chi connectivity index (χ3v) is 2.30. The summed E-state index contributed by atoms with van der Waals surface area (Å²) in [6, 6.07) is 9.55. The van der Waals surface area contributed by atoms with Crippen molar-refractivity contribution in [3.05, 3.63) is 60.6 Å². The molecule has 6 heteroatoms. The molecule has 0 radical (unpaired) electrons. The first kappa shape index (κ1) is 14.0. The number of hydrogen-bond acceptors (Lipinski definition) is 5. The zero-order valence-corrected chi connectivity index (χ0v) is 10.8. The molecule has 1 heterocycles. The van der Waals surface area contributed by atoms with E-state index in [9.17, 15) is 4.39 Å². The second-order valence-electron chi connectivity index (χ2n) is 3.83. The van der Waals surface area contributed by atoms with E-state index in [0.29, 0.717) is 0 Å². The molecule has 1 N–H and O–H groups in total. The third-order valence-electron chi connectivity index (χ3n) is 2.30. The number of halogens is 1. The Hall–Kier alpha value is -2.47. The largest absolute Gasteiger partial charge is 0.459 e. The Morgan fingerprint density at radius 1 is 1.30 bits per heavy atom. The van der Waals surface area contributed by atoms with Gasteiger partial charge in [0, 0.05) is 0 Å². The minimum atomic E-state index is -0.621. The lowest BCUT2D eigenvalue weighted by atomic mass is 10.2. The van der Waals surface area contributed by atoms with Crippen molar-refractivity contribution in [1.82, 2.24) is 9.97 Å². The van der Waals surface area contributed by atoms with Gasteiger partial charge in [0.2, 0.25) is 0 Å². The number of hydrogen-bond donors (Lipinski definition) is 1. The zero-order chi connectivity index (χ0) is 14.2. The standard InChI is InChI=1S/C14H14FN3O2/c1-2-8-19-14-16-9-12(15)13(17-14)18-20-10-11-6-4-3-5-7-11/h2-7,9H,1,8,10H2,(H,16,17,18). The van der Waals surface area contributed by atoms with Gasteiger partial charge in [-0.3, -0.25) is 4.84 Å². The minimum Gasteiger partial charge on any atom is -0.459 e. The van der Waals surface area contributed by atoms with E-state index in [1.54, 1.807) is 6.08 Å². The molecule has 2 rings (SSSR count). The van der Waals surface area contributed by atoms with Crippen LogP contribution in [0.15, 0.2) is 49.2 Å². The molecule has 0 aliphatic rings. The van der Waals surface area contributed by atoms with E-state index in [0.717, 1.165) is 11.8 Å². The summed E-state index contributed by atoms with van der Waals surface area (Å²) in [6.07, 6.45) is 2.56. The maximum atomic E-state index is 13.5. The molecule has 0 spiro atoms. The van der Waals surface area contributed by atoms with Crippen molar-refractivity contribution >= 4 is 5.82 Å². The maximum absolute atomic E-state index is 13.5. The lowest BCUT2D eigenvalue weighted by Crippen LogP contribution is -2.07. The summed E-state index contributed by atoms with van der Waals surface area (Å²) < 4.78 is 18.6. The van der Waals surface area contributed by atoms with Gasteiger partial charge in [0.15, 0.2) is 11.6 Å². The molecule has 0 unspecified atom stereocenters. The Morgan fingerprint density at radius 2 is 2.10 bits per heavy atom. The fourth-order valence-corrected chi connectivity index (χ4v) is 1.39. The quantitative estimate of drug-likeness (QED) is 0.622. The van der Waals surface area contributed by atoms with E-state index in [4.69, 9.17) is 9.57 Å². The van der Waals surface area contributed by atoms with E-state index < -0.39 is 5.82 Å². The minimum absolute atomic E-state index is 0.0529. The van der Waals surface area contributed by atoms with Gasteiger partial charge in [-0.25, -0.2) is 14.9 Å². The van der Waals surface area contributed by atoms with Crippen molar-refractivity contribution < 1.29 is 14.0 Å². The highest BCUT2D eigenvalue weighted by Gasteiger charge is 2.07. The Kier molecular flexibility index (Phi) is 5.02. The van der Waals surface area contributed by atoms with Gasteiger partial charge in [-0.15, -0.1) is 0 Å². The molecule has 104 valence electrons. The van der Waals surface area contributed by atoms with Crippen LogP contribution in [0.4, 0.5) is 10.2 Å². The smallest absolute Gasteiger partial charge is 0.318 e. The first-order valence-electron chi connectivity index (χ1n) is 5.97. The molecule has 0 fully saturated rings. The topological polar surface area (TPSA) is 56.3 Å². The number of nitrogens with zero attached hydrogens (tertiary/aromatic N) is 2. The molecule has 1 aromatic heterocycles. The lowest BCUT2D eigenvalue weighted by molar-refractivity contribution is 0.176. The average Bonchev–Trinajstić information content (AvgIpc) is 2.49. The van der Waals surface area contributed by atoms with Crippen molar-refractivity contribution in [1.29, 1.82) is 0 Å². The number of aromatic nitrogens is 2. The summed E-state index contributed by atoms with van der Waals surface area (Å²) in [5.41, 5.74) is 3.40.